The summed E-state index contributed by atoms with van der Waals surface area (Å²) in [6.07, 6.45) is 5.25. The van der Waals surface area contributed by atoms with Gasteiger partial charge < -0.3 is 9.84 Å². The minimum Gasteiger partial charge on any atom is -0.494 e. The summed E-state index contributed by atoms with van der Waals surface area (Å²) in [5.41, 5.74) is 0.517. The van der Waals surface area contributed by atoms with Crippen LogP contribution in [0.4, 0.5) is 4.39 Å². The SMILES string of the molecule is C#CCCC(O)c1ccc(OC)c(F)c1. The predicted molar refractivity (Wildman–Crippen MR) is 56.0 cm³/mol. The number of halogens is 1. The normalized spacial score (nSPS) is 11.9. The first kappa shape index (κ1) is 11.5. The average Bonchev–Trinajstić information content (AvgIpc) is 2.25. The van der Waals surface area contributed by atoms with Crippen molar-refractivity contribution in [3.63, 3.8) is 0 Å². The van der Waals surface area contributed by atoms with Crippen molar-refractivity contribution < 1.29 is 14.2 Å². The van der Waals surface area contributed by atoms with E-state index in [2.05, 4.69) is 5.92 Å². The topological polar surface area (TPSA) is 29.5 Å². The minimum atomic E-state index is -0.721. The van der Waals surface area contributed by atoms with Crippen molar-refractivity contribution in [2.24, 2.45) is 0 Å². The molecule has 0 heterocycles. The molecule has 0 aromatic heterocycles. The highest BCUT2D eigenvalue weighted by atomic mass is 19.1. The van der Waals surface area contributed by atoms with Crippen LogP contribution in [0.1, 0.15) is 24.5 Å². The van der Waals surface area contributed by atoms with Crippen LogP contribution in [0.15, 0.2) is 18.2 Å². The fourth-order valence-corrected chi connectivity index (χ4v) is 1.28. The molecule has 2 nitrogen and oxygen atoms in total. The van der Waals surface area contributed by atoms with Crippen molar-refractivity contribution >= 4 is 0 Å². The lowest BCUT2D eigenvalue weighted by molar-refractivity contribution is 0.169. The molecular weight excluding hydrogens is 195 g/mol. The van der Waals surface area contributed by atoms with Crippen molar-refractivity contribution in [2.75, 3.05) is 7.11 Å². The predicted octanol–water partition coefficient (Wildman–Crippen LogP) is 2.28. The Balaban J connectivity index is 2.79. The summed E-state index contributed by atoms with van der Waals surface area (Å²) in [6, 6.07) is 4.38. The zero-order valence-corrected chi connectivity index (χ0v) is 8.53. The van der Waals surface area contributed by atoms with Crippen LogP contribution in [0.5, 0.6) is 5.75 Å². The van der Waals surface area contributed by atoms with E-state index in [1.54, 1.807) is 6.07 Å². The average molecular weight is 208 g/mol. The second-order valence-corrected chi connectivity index (χ2v) is 3.15. The lowest BCUT2D eigenvalue weighted by atomic mass is 10.0. The number of methoxy groups -OCH3 is 1. The van der Waals surface area contributed by atoms with Gasteiger partial charge in [-0.15, -0.1) is 12.3 Å². The van der Waals surface area contributed by atoms with Crippen LogP contribution in [0.2, 0.25) is 0 Å². The van der Waals surface area contributed by atoms with E-state index in [-0.39, 0.29) is 5.75 Å². The number of aliphatic hydroxyl groups excluding tert-OH is 1. The van der Waals surface area contributed by atoms with Gasteiger partial charge in [-0.2, -0.15) is 0 Å². The maximum Gasteiger partial charge on any atom is 0.165 e. The number of benzene rings is 1. The van der Waals surface area contributed by atoms with Crippen LogP contribution in [-0.2, 0) is 0 Å². The Morgan fingerprint density at radius 2 is 2.33 bits per heavy atom. The van der Waals surface area contributed by atoms with Crippen molar-refractivity contribution in [3.05, 3.63) is 29.6 Å². The summed E-state index contributed by atoms with van der Waals surface area (Å²) >= 11 is 0. The maximum absolute atomic E-state index is 13.3. The summed E-state index contributed by atoms with van der Waals surface area (Å²) in [7, 11) is 1.40. The van der Waals surface area contributed by atoms with E-state index in [1.165, 1.54) is 19.2 Å². The van der Waals surface area contributed by atoms with E-state index in [0.717, 1.165) is 0 Å². The highest BCUT2D eigenvalue weighted by Crippen LogP contribution is 2.24. The first-order chi connectivity index (χ1) is 7.19. The van der Waals surface area contributed by atoms with Gasteiger partial charge in [0.05, 0.1) is 13.2 Å². The molecule has 1 rings (SSSR count). The molecule has 80 valence electrons. The molecule has 0 saturated carbocycles. The number of rotatable bonds is 4. The third-order valence-corrected chi connectivity index (χ3v) is 2.12. The van der Waals surface area contributed by atoms with Gasteiger partial charge in [0.15, 0.2) is 11.6 Å². The summed E-state index contributed by atoms with van der Waals surface area (Å²) in [5.74, 6) is 2.12. The number of terminal acetylenes is 1. The molecule has 0 fully saturated rings. The van der Waals surface area contributed by atoms with Crippen LogP contribution in [0.3, 0.4) is 0 Å². The lowest BCUT2D eigenvalue weighted by Crippen LogP contribution is -1.98. The Hall–Kier alpha value is -1.53. The Labute approximate surface area is 88.7 Å². The van der Waals surface area contributed by atoms with Crippen molar-refractivity contribution in [2.45, 2.75) is 18.9 Å². The smallest absolute Gasteiger partial charge is 0.165 e. The van der Waals surface area contributed by atoms with Crippen molar-refractivity contribution in [1.29, 1.82) is 0 Å². The van der Waals surface area contributed by atoms with Gasteiger partial charge in [0.1, 0.15) is 0 Å². The molecular formula is C12H13FO2. The monoisotopic (exact) mass is 208 g/mol. The van der Waals surface area contributed by atoms with Gasteiger partial charge in [0.25, 0.3) is 0 Å². The minimum absolute atomic E-state index is 0.169. The molecule has 1 aromatic carbocycles. The molecule has 0 bridgehead atoms. The third-order valence-electron chi connectivity index (χ3n) is 2.12. The summed E-state index contributed by atoms with van der Waals surface area (Å²) in [4.78, 5) is 0. The quantitative estimate of drug-likeness (QED) is 0.769. The molecule has 1 atom stereocenters. The number of aliphatic hydroxyl groups is 1. The summed E-state index contributed by atoms with van der Waals surface area (Å²) in [6.45, 7) is 0. The van der Waals surface area contributed by atoms with Gasteiger partial charge in [-0.05, 0) is 24.1 Å². The summed E-state index contributed by atoms with van der Waals surface area (Å²) in [5, 5.41) is 9.64. The van der Waals surface area contributed by atoms with Gasteiger partial charge in [0, 0.05) is 6.42 Å². The first-order valence-corrected chi connectivity index (χ1v) is 4.64. The van der Waals surface area contributed by atoms with Crippen LogP contribution in [0, 0.1) is 18.2 Å². The van der Waals surface area contributed by atoms with Crippen LogP contribution in [-0.4, -0.2) is 12.2 Å². The van der Waals surface area contributed by atoms with Gasteiger partial charge in [-0.25, -0.2) is 4.39 Å². The van der Waals surface area contributed by atoms with Gasteiger partial charge >= 0.3 is 0 Å². The first-order valence-electron chi connectivity index (χ1n) is 4.64. The largest absolute Gasteiger partial charge is 0.494 e. The highest BCUT2D eigenvalue weighted by Gasteiger charge is 2.10. The van der Waals surface area contributed by atoms with Crippen molar-refractivity contribution in [1.82, 2.24) is 0 Å². The molecule has 0 aliphatic rings. The zero-order chi connectivity index (χ0) is 11.3. The maximum atomic E-state index is 13.3. The van der Waals surface area contributed by atoms with E-state index in [1.807, 2.05) is 0 Å². The molecule has 0 spiro atoms. The van der Waals surface area contributed by atoms with E-state index in [9.17, 15) is 9.50 Å². The number of ether oxygens (including phenoxy) is 1. The summed E-state index contributed by atoms with van der Waals surface area (Å²) < 4.78 is 18.0. The van der Waals surface area contributed by atoms with Crippen LogP contribution >= 0.6 is 0 Å². The number of hydrogen-bond acceptors (Lipinski definition) is 2. The second kappa shape index (κ2) is 5.38. The highest BCUT2D eigenvalue weighted by molar-refractivity contribution is 5.30. The van der Waals surface area contributed by atoms with Crippen molar-refractivity contribution in [3.8, 4) is 18.1 Å². The van der Waals surface area contributed by atoms with Gasteiger partial charge in [0.2, 0.25) is 0 Å². The van der Waals surface area contributed by atoms with Gasteiger partial charge in [-0.3, -0.25) is 0 Å². The molecule has 0 radical (unpaired) electrons. The number of hydrogen-bond donors (Lipinski definition) is 1. The molecule has 0 amide bonds. The van der Waals surface area contributed by atoms with Crippen LogP contribution in [0.25, 0.3) is 0 Å². The molecule has 3 heteroatoms. The molecule has 0 saturated heterocycles. The van der Waals surface area contributed by atoms with Gasteiger partial charge in [-0.1, -0.05) is 6.07 Å². The molecule has 0 aliphatic heterocycles. The standard InChI is InChI=1S/C12H13FO2/c1-3-4-5-11(14)9-6-7-12(15-2)10(13)8-9/h1,6-8,11,14H,4-5H2,2H3. The zero-order valence-electron chi connectivity index (χ0n) is 8.53. The fourth-order valence-electron chi connectivity index (χ4n) is 1.28. The molecule has 0 aliphatic carbocycles. The molecule has 1 N–H and O–H groups in total. The Kier molecular flexibility index (Phi) is 4.14. The fraction of sp³-hybridized carbons (Fsp3) is 0.333. The lowest BCUT2D eigenvalue weighted by Gasteiger charge is -2.10. The molecule has 1 aromatic rings. The second-order valence-electron chi connectivity index (χ2n) is 3.15. The van der Waals surface area contributed by atoms with Crippen LogP contribution < -0.4 is 4.74 Å². The Morgan fingerprint density at radius 1 is 1.60 bits per heavy atom. The third kappa shape index (κ3) is 2.97. The molecule has 1 unspecified atom stereocenters. The van der Waals surface area contributed by atoms with E-state index < -0.39 is 11.9 Å². The Morgan fingerprint density at radius 3 is 2.87 bits per heavy atom. The van der Waals surface area contributed by atoms with E-state index >= 15 is 0 Å². The Bertz CT molecular complexity index is 368. The molecule has 15 heavy (non-hydrogen) atoms. The van der Waals surface area contributed by atoms with E-state index in [0.29, 0.717) is 18.4 Å². The van der Waals surface area contributed by atoms with E-state index in [4.69, 9.17) is 11.2 Å².